The Balaban J connectivity index is 0.00000216. The topological polar surface area (TPSA) is 90.8 Å². The van der Waals surface area contributed by atoms with Gasteiger partial charge in [-0.1, -0.05) is 29.8 Å². The molecule has 0 spiro atoms. The average molecular weight is 540 g/mol. The van der Waals surface area contributed by atoms with Gasteiger partial charge in [0, 0.05) is 30.3 Å². The molecule has 4 N–H and O–H groups in total. The van der Waals surface area contributed by atoms with Crippen molar-refractivity contribution in [2.24, 2.45) is 0 Å². The highest BCUT2D eigenvalue weighted by atomic mass is 35.5. The summed E-state index contributed by atoms with van der Waals surface area (Å²) in [4.78, 5) is 11.5. The van der Waals surface area contributed by atoms with Crippen molar-refractivity contribution < 1.29 is 19.7 Å². The van der Waals surface area contributed by atoms with Gasteiger partial charge in [0.2, 0.25) is 0 Å². The maximum atomic E-state index is 11.5. The van der Waals surface area contributed by atoms with E-state index in [2.05, 4.69) is 16.7 Å². The number of rotatable bonds is 8. The number of nitrogens with one attached hydrogen (secondary N) is 2. The number of ether oxygens (including phenoxy) is 1. The van der Waals surface area contributed by atoms with E-state index in [-0.39, 0.29) is 36.4 Å². The number of hydrogen-bond acceptors (Lipinski definition) is 5. The third-order valence-corrected chi connectivity index (χ3v) is 6.20. The van der Waals surface area contributed by atoms with E-state index in [1.54, 1.807) is 31.3 Å². The van der Waals surface area contributed by atoms with Gasteiger partial charge in [-0.2, -0.15) is 0 Å². The molecule has 0 aliphatic heterocycles. The van der Waals surface area contributed by atoms with Gasteiger partial charge in [-0.15, -0.1) is 24.8 Å². The Morgan fingerprint density at radius 1 is 1.09 bits per heavy atom. The average Bonchev–Trinajstić information content (AvgIpc) is 2.82. The van der Waals surface area contributed by atoms with Crippen LogP contribution >= 0.6 is 36.4 Å². The molecule has 3 aromatic rings. The Labute approximate surface area is 222 Å². The van der Waals surface area contributed by atoms with Gasteiger partial charge in [0.1, 0.15) is 11.5 Å². The Bertz CT molecular complexity index is 1160. The van der Waals surface area contributed by atoms with Crippen molar-refractivity contribution in [2.75, 3.05) is 18.9 Å². The molecule has 0 saturated carbocycles. The van der Waals surface area contributed by atoms with E-state index in [1.807, 2.05) is 24.3 Å². The molecule has 0 amide bonds. The summed E-state index contributed by atoms with van der Waals surface area (Å²) in [6.07, 6.45) is 2.14. The second-order valence-electron chi connectivity index (χ2n) is 8.21. The van der Waals surface area contributed by atoms with Crippen molar-refractivity contribution in [1.29, 1.82) is 0 Å². The molecule has 1 aliphatic carbocycles. The molecule has 0 aromatic heterocycles. The van der Waals surface area contributed by atoms with Crippen molar-refractivity contribution in [2.45, 2.75) is 31.4 Å². The molecule has 0 heterocycles. The fraction of sp³-hybridized carbons (Fsp3) is 0.269. The number of aromatic carboxylic acids is 1. The molecule has 0 bridgehead atoms. The zero-order valence-electron chi connectivity index (χ0n) is 19.2. The number of fused-ring (bicyclic) bond motifs is 1. The fourth-order valence-corrected chi connectivity index (χ4v) is 4.40. The summed E-state index contributed by atoms with van der Waals surface area (Å²) >= 11 is 6.03. The van der Waals surface area contributed by atoms with Gasteiger partial charge in [-0.25, -0.2) is 4.79 Å². The molecule has 3 aromatic carbocycles. The van der Waals surface area contributed by atoms with Crippen LogP contribution in [0.15, 0.2) is 60.7 Å². The highest BCUT2D eigenvalue weighted by Crippen LogP contribution is 2.30. The number of halogens is 3. The zero-order chi connectivity index (χ0) is 23.4. The van der Waals surface area contributed by atoms with E-state index in [0.29, 0.717) is 28.8 Å². The Hall–Kier alpha value is -2.48. The number of aryl methyl sites for hydroxylation is 1. The molecular formula is C26H29Cl3N2O4. The molecular weight excluding hydrogens is 511 g/mol. The predicted molar refractivity (Wildman–Crippen MR) is 144 cm³/mol. The van der Waals surface area contributed by atoms with Gasteiger partial charge in [0.25, 0.3) is 0 Å². The number of carboxylic acid groups (broad SMARTS) is 1. The highest BCUT2D eigenvalue weighted by Gasteiger charge is 2.20. The number of carboxylic acids is 1. The van der Waals surface area contributed by atoms with Crippen LogP contribution in [-0.4, -0.2) is 35.8 Å². The van der Waals surface area contributed by atoms with Crippen LogP contribution in [0, 0.1) is 0 Å². The number of benzene rings is 3. The number of hydrogen-bond donors (Lipinski definition) is 4. The largest absolute Gasteiger partial charge is 0.478 e. The normalized spacial score (nSPS) is 15.1. The standard InChI is InChI=1S/C26H27ClN2O4.2ClH/c1-28-24-10-9-22(14-23(24)26(31)32)33-21-8-6-16-5-7-20(12-18(16)13-21)29-15-25(30)17-3-2-4-19(27)11-17;;/h2-4,6,8-11,13-14,20,25,28-30H,5,7,12,15H2,1H3,(H,31,32);2*1H/t20-,25+;;/m0../s1. The van der Waals surface area contributed by atoms with Crippen LogP contribution in [0.1, 0.15) is 39.6 Å². The van der Waals surface area contributed by atoms with Crippen LogP contribution in [0.5, 0.6) is 11.5 Å². The van der Waals surface area contributed by atoms with Gasteiger partial charge in [0.05, 0.1) is 11.7 Å². The van der Waals surface area contributed by atoms with E-state index in [1.165, 1.54) is 17.2 Å². The summed E-state index contributed by atoms with van der Waals surface area (Å²) in [6, 6.07) is 18.5. The maximum absolute atomic E-state index is 11.5. The lowest BCUT2D eigenvalue weighted by Crippen LogP contribution is -2.37. The zero-order valence-corrected chi connectivity index (χ0v) is 21.6. The van der Waals surface area contributed by atoms with Crippen LogP contribution < -0.4 is 15.4 Å². The lowest BCUT2D eigenvalue weighted by Gasteiger charge is -2.27. The molecule has 6 nitrogen and oxygen atoms in total. The SMILES string of the molecule is CNc1ccc(Oc2ccc3c(c2)C[C@@H](NC[C@@H](O)c2cccc(Cl)c2)CC3)cc1C(=O)O.Cl.Cl. The number of aliphatic hydroxyl groups is 1. The predicted octanol–water partition coefficient (Wildman–Crippen LogP) is 5.90. The summed E-state index contributed by atoms with van der Waals surface area (Å²) in [7, 11) is 1.68. The van der Waals surface area contributed by atoms with Gasteiger partial charge >= 0.3 is 5.97 Å². The van der Waals surface area contributed by atoms with Gasteiger partial charge in [0.15, 0.2) is 0 Å². The second-order valence-corrected chi connectivity index (χ2v) is 8.65. The molecule has 1 aliphatic rings. The Morgan fingerprint density at radius 3 is 2.54 bits per heavy atom. The lowest BCUT2D eigenvalue weighted by atomic mass is 9.88. The van der Waals surface area contributed by atoms with Crippen molar-refractivity contribution in [3.05, 3.63) is 87.9 Å². The van der Waals surface area contributed by atoms with Crippen LogP contribution in [-0.2, 0) is 12.8 Å². The lowest BCUT2D eigenvalue weighted by molar-refractivity contribution is 0.0697. The number of carbonyl (C=O) groups is 1. The smallest absolute Gasteiger partial charge is 0.337 e. The quantitative estimate of drug-likeness (QED) is 0.285. The minimum Gasteiger partial charge on any atom is -0.478 e. The first kappa shape index (κ1) is 28.8. The van der Waals surface area contributed by atoms with E-state index >= 15 is 0 Å². The monoisotopic (exact) mass is 538 g/mol. The van der Waals surface area contributed by atoms with Gasteiger partial charge in [-0.3, -0.25) is 0 Å². The molecule has 0 unspecified atom stereocenters. The van der Waals surface area contributed by atoms with Crippen LogP contribution in [0.2, 0.25) is 5.02 Å². The van der Waals surface area contributed by atoms with Gasteiger partial charge < -0.3 is 25.6 Å². The highest BCUT2D eigenvalue weighted by molar-refractivity contribution is 6.30. The van der Waals surface area contributed by atoms with Crippen molar-refractivity contribution >= 4 is 48.1 Å². The summed E-state index contributed by atoms with van der Waals surface area (Å²) < 4.78 is 5.97. The summed E-state index contributed by atoms with van der Waals surface area (Å²) in [5.41, 5.74) is 3.97. The second kappa shape index (κ2) is 13.0. The van der Waals surface area contributed by atoms with E-state index < -0.39 is 12.1 Å². The third-order valence-electron chi connectivity index (χ3n) is 5.97. The maximum Gasteiger partial charge on any atom is 0.337 e. The van der Waals surface area contributed by atoms with Crippen LogP contribution in [0.4, 0.5) is 5.69 Å². The molecule has 4 rings (SSSR count). The van der Waals surface area contributed by atoms with Crippen molar-refractivity contribution in [1.82, 2.24) is 5.32 Å². The first-order valence-corrected chi connectivity index (χ1v) is 11.3. The molecule has 9 heteroatoms. The molecule has 188 valence electrons. The molecule has 2 atom stereocenters. The first-order valence-electron chi connectivity index (χ1n) is 10.9. The number of anilines is 1. The fourth-order valence-electron chi connectivity index (χ4n) is 4.20. The van der Waals surface area contributed by atoms with Crippen molar-refractivity contribution in [3.8, 4) is 11.5 Å². The van der Waals surface area contributed by atoms with Crippen LogP contribution in [0.3, 0.4) is 0 Å². The van der Waals surface area contributed by atoms with E-state index in [9.17, 15) is 15.0 Å². The molecule has 0 radical (unpaired) electrons. The summed E-state index contributed by atoms with van der Waals surface area (Å²) in [5, 5.41) is 26.9. The molecule has 0 fully saturated rings. The molecule has 0 saturated heterocycles. The number of aliphatic hydroxyl groups excluding tert-OH is 1. The molecule has 35 heavy (non-hydrogen) atoms. The Kier molecular flexibility index (Phi) is 10.7. The minimum absolute atomic E-state index is 0. The van der Waals surface area contributed by atoms with E-state index in [4.69, 9.17) is 16.3 Å². The third kappa shape index (κ3) is 7.26. The first-order chi connectivity index (χ1) is 15.9. The summed E-state index contributed by atoms with van der Waals surface area (Å²) in [5.74, 6) is 0.132. The van der Waals surface area contributed by atoms with Gasteiger partial charge in [-0.05, 0) is 78.4 Å². The van der Waals surface area contributed by atoms with E-state index in [0.717, 1.165) is 24.8 Å². The Morgan fingerprint density at radius 2 is 1.83 bits per heavy atom. The van der Waals surface area contributed by atoms with Crippen molar-refractivity contribution in [3.63, 3.8) is 0 Å². The summed E-state index contributed by atoms with van der Waals surface area (Å²) in [6.45, 7) is 0.451. The minimum atomic E-state index is -1.01. The van der Waals surface area contributed by atoms with Crippen LogP contribution in [0.25, 0.3) is 0 Å².